The van der Waals surface area contributed by atoms with Crippen molar-refractivity contribution in [3.8, 4) is 17.6 Å². The van der Waals surface area contributed by atoms with E-state index in [1.165, 1.54) is 18.2 Å². The summed E-state index contributed by atoms with van der Waals surface area (Å²) in [7, 11) is 0. The zero-order chi connectivity index (χ0) is 16.7. The maximum Gasteiger partial charge on any atom is 0.266 e. The van der Waals surface area contributed by atoms with Crippen LogP contribution in [0, 0.1) is 11.3 Å². The molecule has 0 spiro atoms. The van der Waals surface area contributed by atoms with E-state index in [0.717, 1.165) is 0 Å². The number of nitriles is 1. The number of hydrogen-bond donors (Lipinski definition) is 2. The number of aromatic hydroxyl groups is 1. The highest BCUT2D eigenvalue weighted by molar-refractivity contribution is 6.09. The fraction of sp³-hybridized carbons (Fsp3) is 0.111. The van der Waals surface area contributed by atoms with E-state index in [4.69, 9.17) is 4.74 Å². The van der Waals surface area contributed by atoms with E-state index >= 15 is 0 Å². The molecule has 0 aromatic heterocycles. The second kappa shape index (κ2) is 7.66. The van der Waals surface area contributed by atoms with Crippen LogP contribution in [0.5, 0.6) is 11.5 Å². The lowest BCUT2D eigenvalue weighted by Crippen LogP contribution is -2.13. The first-order valence-electron chi connectivity index (χ1n) is 7.07. The molecule has 0 aliphatic heterocycles. The van der Waals surface area contributed by atoms with Crippen molar-refractivity contribution >= 4 is 17.7 Å². The van der Waals surface area contributed by atoms with Gasteiger partial charge in [0.15, 0.2) is 0 Å². The molecule has 0 fully saturated rings. The first kappa shape index (κ1) is 16.1. The second-order valence-corrected chi connectivity index (χ2v) is 4.68. The number of phenolic OH excluding ortho intramolecular Hbond substituents is 1. The van der Waals surface area contributed by atoms with Crippen LogP contribution in [0.4, 0.5) is 5.69 Å². The predicted molar refractivity (Wildman–Crippen MR) is 87.9 cm³/mol. The summed E-state index contributed by atoms with van der Waals surface area (Å²) in [4.78, 5) is 12.2. The van der Waals surface area contributed by atoms with Gasteiger partial charge < -0.3 is 15.2 Å². The number of carbonyl (C=O) groups excluding carboxylic acids is 1. The number of carbonyl (C=O) groups is 1. The van der Waals surface area contributed by atoms with Gasteiger partial charge in [-0.2, -0.15) is 5.26 Å². The van der Waals surface area contributed by atoms with Gasteiger partial charge in [0.1, 0.15) is 23.1 Å². The number of benzene rings is 2. The summed E-state index contributed by atoms with van der Waals surface area (Å²) in [6.07, 6.45) is 1.42. The highest BCUT2D eigenvalue weighted by atomic mass is 16.5. The van der Waals surface area contributed by atoms with Gasteiger partial charge in [-0.1, -0.05) is 18.2 Å². The van der Waals surface area contributed by atoms with Crippen LogP contribution in [0.15, 0.2) is 54.1 Å². The molecule has 23 heavy (non-hydrogen) atoms. The number of ether oxygens (including phenoxy) is 1. The topological polar surface area (TPSA) is 82.3 Å². The first-order chi connectivity index (χ1) is 11.1. The Morgan fingerprint density at radius 2 is 2.09 bits per heavy atom. The van der Waals surface area contributed by atoms with Gasteiger partial charge in [-0.15, -0.1) is 0 Å². The number of rotatable bonds is 5. The van der Waals surface area contributed by atoms with Gasteiger partial charge in [0.2, 0.25) is 0 Å². The summed E-state index contributed by atoms with van der Waals surface area (Å²) < 4.78 is 5.37. The predicted octanol–water partition coefficient (Wildman–Crippen LogP) is 3.34. The minimum atomic E-state index is -0.524. The van der Waals surface area contributed by atoms with Crippen LogP contribution >= 0.6 is 0 Å². The Hall–Kier alpha value is -3.26. The van der Waals surface area contributed by atoms with Gasteiger partial charge in [0.05, 0.1) is 6.61 Å². The quantitative estimate of drug-likeness (QED) is 0.655. The van der Waals surface area contributed by atoms with E-state index < -0.39 is 5.91 Å². The van der Waals surface area contributed by atoms with E-state index in [9.17, 15) is 15.2 Å². The van der Waals surface area contributed by atoms with Crippen LogP contribution in [-0.2, 0) is 4.79 Å². The Morgan fingerprint density at radius 1 is 1.30 bits per heavy atom. The Morgan fingerprint density at radius 3 is 2.78 bits per heavy atom. The standard InChI is InChI=1S/C18H16N2O3/c1-2-23-17-8-4-6-15(11-17)20-18(22)14(12-19)9-13-5-3-7-16(21)10-13/h3-11,21H,2H2,1H3,(H,20,22)/b14-9-. The molecule has 2 rings (SSSR count). The van der Waals surface area contributed by atoms with Crippen molar-refractivity contribution in [3.05, 3.63) is 59.7 Å². The van der Waals surface area contributed by atoms with Gasteiger partial charge in [-0.25, -0.2) is 0 Å². The van der Waals surface area contributed by atoms with Gasteiger partial charge in [0.25, 0.3) is 5.91 Å². The van der Waals surface area contributed by atoms with Gasteiger partial charge in [-0.05, 0) is 42.8 Å². The Labute approximate surface area is 134 Å². The number of hydrogen-bond acceptors (Lipinski definition) is 4. The summed E-state index contributed by atoms with van der Waals surface area (Å²) in [5.41, 5.74) is 1.05. The molecule has 0 heterocycles. The smallest absolute Gasteiger partial charge is 0.266 e. The maximum absolute atomic E-state index is 12.2. The summed E-state index contributed by atoms with van der Waals surface area (Å²) in [6, 6.07) is 15.1. The van der Waals surface area contributed by atoms with Crippen molar-refractivity contribution in [2.75, 3.05) is 11.9 Å². The summed E-state index contributed by atoms with van der Waals surface area (Å²) in [5, 5.41) is 21.3. The normalized spacial score (nSPS) is 10.7. The zero-order valence-corrected chi connectivity index (χ0v) is 12.6. The van der Waals surface area contributed by atoms with E-state index in [1.807, 2.05) is 13.0 Å². The van der Waals surface area contributed by atoms with Crippen LogP contribution < -0.4 is 10.1 Å². The molecular formula is C18H16N2O3. The lowest BCUT2D eigenvalue weighted by molar-refractivity contribution is -0.112. The molecule has 5 heteroatoms. The third-order valence-corrected chi connectivity index (χ3v) is 2.95. The van der Waals surface area contributed by atoms with Crippen molar-refractivity contribution < 1.29 is 14.6 Å². The third-order valence-electron chi connectivity index (χ3n) is 2.95. The molecule has 0 saturated carbocycles. The summed E-state index contributed by atoms with van der Waals surface area (Å²) >= 11 is 0. The average molecular weight is 308 g/mol. The molecule has 1 amide bonds. The van der Waals surface area contributed by atoms with Crippen LogP contribution in [0.2, 0.25) is 0 Å². The largest absolute Gasteiger partial charge is 0.508 e. The number of phenols is 1. The van der Waals surface area contributed by atoms with Crippen molar-refractivity contribution in [1.82, 2.24) is 0 Å². The zero-order valence-electron chi connectivity index (χ0n) is 12.6. The summed E-state index contributed by atoms with van der Waals surface area (Å²) in [5.74, 6) is 0.186. The number of amides is 1. The molecule has 116 valence electrons. The molecule has 2 aromatic rings. The Bertz CT molecular complexity index is 776. The fourth-order valence-corrected chi connectivity index (χ4v) is 1.96. The highest BCUT2D eigenvalue weighted by Gasteiger charge is 2.10. The van der Waals surface area contributed by atoms with E-state index in [1.54, 1.807) is 36.4 Å². The van der Waals surface area contributed by atoms with Crippen molar-refractivity contribution in [1.29, 1.82) is 5.26 Å². The number of nitrogens with zero attached hydrogens (tertiary/aromatic N) is 1. The lowest BCUT2D eigenvalue weighted by atomic mass is 10.1. The molecule has 0 aliphatic carbocycles. The SMILES string of the molecule is CCOc1cccc(NC(=O)/C(C#N)=C\c2cccc(O)c2)c1. The molecule has 0 aliphatic rings. The monoisotopic (exact) mass is 308 g/mol. The number of nitrogens with one attached hydrogen (secondary N) is 1. The average Bonchev–Trinajstić information content (AvgIpc) is 2.53. The van der Waals surface area contributed by atoms with Gasteiger partial charge in [0, 0.05) is 11.8 Å². The molecule has 0 unspecified atom stereocenters. The van der Waals surface area contributed by atoms with Crippen LogP contribution in [-0.4, -0.2) is 17.6 Å². The Balaban J connectivity index is 2.18. The van der Waals surface area contributed by atoms with Crippen molar-refractivity contribution in [2.45, 2.75) is 6.92 Å². The van der Waals surface area contributed by atoms with E-state index in [0.29, 0.717) is 23.6 Å². The Kier molecular flexibility index (Phi) is 5.37. The molecule has 0 bridgehead atoms. The molecule has 2 aromatic carbocycles. The molecule has 2 N–H and O–H groups in total. The third kappa shape index (κ3) is 4.61. The molecule has 0 atom stereocenters. The molecule has 5 nitrogen and oxygen atoms in total. The number of anilines is 1. The van der Waals surface area contributed by atoms with Gasteiger partial charge >= 0.3 is 0 Å². The van der Waals surface area contributed by atoms with Crippen molar-refractivity contribution in [2.24, 2.45) is 0 Å². The van der Waals surface area contributed by atoms with Crippen LogP contribution in [0.3, 0.4) is 0 Å². The first-order valence-corrected chi connectivity index (χ1v) is 7.07. The minimum absolute atomic E-state index is 0.0580. The van der Waals surface area contributed by atoms with E-state index in [-0.39, 0.29) is 11.3 Å². The lowest BCUT2D eigenvalue weighted by Gasteiger charge is -2.07. The van der Waals surface area contributed by atoms with Crippen LogP contribution in [0.25, 0.3) is 6.08 Å². The molecule has 0 saturated heterocycles. The maximum atomic E-state index is 12.2. The molecule has 0 radical (unpaired) electrons. The summed E-state index contributed by atoms with van der Waals surface area (Å²) in [6.45, 7) is 2.40. The highest BCUT2D eigenvalue weighted by Crippen LogP contribution is 2.19. The van der Waals surface area contributed by atoms with E-state index in [2.05, 4.69) is 5.32 Å². The van der Waals surface area contributed by atoms with Crippen LogP contribution in [0.1, 0.15) is 12.5 Å². The van der Waals surface area contributed by atoms with Gasteiger partial charge in [-0.3, -0.25) is 4.79 Å². The van der Waals surface area contributed by atoms with Crippen molar-refractivity contribution in [3.63, 3.8) is 0 Å². The molecular weight excluding hydrogens is 292 g/mol. The second-order valence-electron chi connectivity index (χ2n) is 4.68. The minimum Gasteiger partial charge on any atom is -0.508 e. The fourth-order valence-electron chi connectivity index (χ4n) is 1.96.